The van der Waals surface area contributed by atoms with E-state index >= 15 is 0 Å². The highest BCUT2D eigenvalue weighted by atomic mass is 16.3. The average Bonchev–Trinajstić information content (AvgIpc) is 2.20. The van der Waals surface area contributed by atoms with Crippen LogP contribution in [0.15, 0.2) is 0 Å². The predicted octanol–water partition coefficient (Wildman–Crippen LogP) is 0.281. The van der Waals surface area contributed by atoms with E-state index < -0.39 is 6.10 Å². The van der Waals surface area contributed by atoms with Crippen LogP contribution in [-0.2, 0) is 0 Å². The minimum Gasteiger partial charge on any atom is -0.396 e. The molecule has 0 rings (SSSR count). The lowest BCUT2D eigenvalue weighted by Gasteiger charge is -2.01. The summed E-state index contributed by atoms with van der Waals surface area (Å²) in [5.41, 5.74) is 0. The van der Waals surface area contributed by atoms with Crippen molar-refractivity contribution in [3.63, 3.8) is 0 Å². The van der Waals surface area contributed by atoms with E-state index in [1.807, 2.05) is 6.92 Å². The van der Waals surface area contributed by atoms with Crippen LogP contribution >= 0.6 is 0 Å². The van der Waals surface area contributed by atoms with Crippen LogP contribution in [0.5, 0.6) is 0 Å². The summed E-state index contributed by atoms with van der Waals surface area (Å²) in [4.78, 5) is 0. The topological polar surface area (TPSA) is 80.9 Å². The third kappa shape index (κ3) is 17.8. The first-order valence-electron chi connectivity index (χ1n) is 5.23. The minimum absolute atomic E-state index is 0.103. The van der Waals surface area contributed by atoms with Gasteiger partial charge in [-0.2, -0.15) is 0 Å². The fraction of sp³-hybridized carbons (Fsp3) is 1.00. The van der Waals surface area contributed by atoms with E-state index in [0.717, 1.165) is 25.7 Å². The largest absolute Gasteiger partial charge is 0.396 e. The lowest BCUT2D eigenvalue weighted by molar-refractivity contribution is 0.0877. The van der Waals surface area contributed by atoms with E-state index in [0.29, 0.717) is 6.42 Å². The second-order valence-corrected chi connectivity index (χ2v) is 3.13. The van der Waals surface area contributed by atoms with Crippen LogP contribution in [0, 0.1) is 0 Å². The first-order valence-corrected chi connectivity index (χ1v) is 5.23. The summed E-state index contributed by atoms with van der Waals surface area (Å²) in [6, 6.07) is 0. The van der Waals surface area contributed by atoms with E-state index in [1.54, 1.807) is 0 Å². The molecule has 0 aromatic heterocycles. The molecule has 0 aliphatic rings. The molecule has 0 radical (unpaired) electrons. The molecule has 0 amide bonds. The van der Waals surface area contributed by atoms with Gasteiger partial charge in [0.2, 0.25) is 0 Å². The van der Waals surface area contributed by atoms with E-state index in [9.17, 15) is 0 Å². The van der Waals surface area contributed by atoms with Gasteiger partial charge in [0.25, 0.3) is 0 Å². The van der Waals surface area contributed by atoms with Crippen LogP contribution in [0.25, 0.3) is 0 Å². The highest BCUT2D eigenvalue weighted by Gasteiger charge is 1.95. The highest BCUT2D eigenvalue weighted by Crippen LogP contribution is 1.92. The molecule has 0 heterocycles. The van der Waals surface area contributed by atoms with Crippen molar-refractivity contribution in [2.45, 2.75) is 45.1 Å². The zero-order chi connectivity index (χ0) is 11.2. The van der Waals surface area contributed by atoms with Crippen molar-refractivity contribution in [3.05, 3.63) is 0 Å². The van der Waals surface area contributed by atoms with E-state index in [2.05, 4.69) is 0 Å². The molecule has 88 valence electrons. The van der Waals surface area contributed by atoms with Gasteiger partial charge < -0.3 is 20.4 Å². The normalized spacial score (nSPS) is 11.8. The molecule has 0 bridgehead atoms. The van der Waals surface area contributed by atoms with Crippen LogP contribution in [0.4, 0.5) is 0 Å². The summed E-state index contributed by atoms with van der Waals surface area (Å²) in [7, 11) is 0. The Morgan fingerprint density at radius 2 is 1.43 bits per heavy atom. The molecule has 0 saturated carbocycles. The van der Waals surface area contributed by atoms with Gasteiger partial charge >= 0.3 is 0 Å². The van der Waals surface area contributed by atoms with Gasteiger partial charge in [-0.3, -0.25) is 0 Å². The maximum atomic E-state index is 8.61. The zero-order valence-electron chi connectivity index (χ0n) is 9.02. The predicted molar refractivity (Wildman–Crippen MR) is 56.0 cm³/mol. The number of aliphatic hydroxyl groups excluding tert-OH is 4. The number of rotatable bonds is 7. The molecule has 4 nitrogen and oxygen atoms in total. The first kappa shape index (κ1) is 16.3. The number of hydrogen-bond acceptors (Lipinski definition) is 4. The van der Waals surface area contributed by atoms with Gasteiger partial charge in [0.05, 0.1) is 12.7 Å². The van der Waals surface area contributed by atoms with E-state index in [-0.39, 0.29) is 19.8 Å². The molecule has 0 fully saturated rings. The van der Waals surface area contributed by atoms with Gasteiger partial charge in [-0.05, 0) is 25.7 Å². The quantitative estimate of drug-likeness (QED) is 0.453. The molecular formula is C10H24O4. The van der Waals surface area contributed by atoms with Gasteiger partial charge in [-0.25, -0.2) is 0 Å². The fourth-order valence-electron chi connectivity index (χ4n) is 0.825. The summed E-state index contributed by atoms with van der Waals surface area (Å²) in [5.74, 6) is 0. The number of hydrogen-bond donors (Lipinski definition) is 4. The molecular weight excluding hydrogens is 184 g/mol. The van der Waals surface area contributed by atoms with Crippen LogP contribution in [-0.4, -0.2) is 46.4 Å². The second kappa shape index (κ2) is 15.3. The molecule has 1 unspecified atom stereocenters. The van der Waals surface area contributed by atoms with Gasteiger partial charge in [0, 0.05) is 13.2 Å². The molecule has 0 aliphatic heterocycles. The Labute approximate surface area is 86.2 Å². The molecule has 0 spiro atoms. The smallest absolute Gasteiger partial charge is 0.0770 e. The molecule has 0 aromatic rings. The van der Waals surface area contributed by atoms with Gasteiger partial charge in [0.15, 0.2) is 0 Å². The van der Waals surface area contributed by atoms with E-state index in [4.69, 9.17) is 20.4 Å². The number of unbranched alkanes of at least 4 members (excludes halogenated alkanes) is 2. The van der Waals surface area contributed by atoms with Crippen molar-refractivity contribution in [1.29, 1.82) is 0 Å². The third-order valence-electron chi connectivity index (χ3n) is 1.65. The van der Waals surface area contributed by atoms with Gasteiger partial charge in [0.1, 0.15) is 0 Å². The Hall–Kier alpha value is -0.160. The first-order chi connectivity index (χ1) is 6.72. The Morgan fingerprint density at radius 1 is 0.929 bits per heavy atom. The SMILES string of the molecule is CCCC(O)CO.OCCCCCO. The maximum absolute atomic E-state index is 8.61. The van der Waals surface area contributed by atoms with Crippen LogP contribution < -0.4 is 0 Å². The standard InChI is InChI=1S/2C5H12O2/c1-2-3-5(7)4-6;6-4-2-1-3-5-7/h5-7H,2-4H2,1H3;6-7H,1-5H2. The summed E-state index contributed by atoms with van der Waals surface area (Å²) in [5, 5.41) is 33.2. The third-order valence-corrected chi connectivity index (χ3v) is 1.65. The van der Waals surface area contributed by atoms with E-state index in [1.165, 1.54) is 0 Å². The lowest BCUT2D eigenvalue weighted by atomic mass is 10.2. The van der Waals surface area contributed by atoms with Crippen LogP contribution in [0.1, 0.15) is 39.0 Å². The molecule has 0 aliphatic carbocycles. The summed E-state index contributed by atoms with van der Waals surface area (Å²) < 4.78 is 0. The summed E-state index contributed by atoms with van der Waals surface area (Å²) in [6.07, 6.45) is 3.72. The van der Waals surface area contributed by atoms with Crippen molar-refractivity contribution in [2.24, 2.45) is 0 Å². The monoisotopic (exact) mass is 208 g/mol. The van der Waals surface area contributed by atoms with Crippen LogP contribution in [0.3, 0.4) is 0 Å². The van der Waals surface area contributed by atoms with Crippen molar-refractivity contribution >= 4 is 0 Å². The molecule has 1 atom stereocenters. The number of aliphatic hydroxyl groups is 4. The van der Waals surface area contributed by atoms with Crippen molar-refractivity contribution in [3.8, 4) is 0 Å². The Kier molecular flexibility index (Phi) is 17.8. The summed E-state index contributed by atoms with van der Waals surface area (Å²) in [6.45, 7) is 2.37. The highest BCUT2D eigenvalue weighted by molar-refractivity contribution is 4.48. The van der Waals surface area contributed by atoms with Gasteiger partial charge in [-0.1, -0.05) is 13.3 Å². The zero-order valence-corrected chi connectivity index (χ0v) is 9.02. The Balaban J connectivity index is 0. The Bertz CT molecular complexity index is 84.2. The fourth-order valence-corrected chi connectivity index (χ4v) is 0.825. The molecule has 4 N–H and O–H groups in total. The molecule has 14 heavy (non-hydrogen) atoms. The summed E-state index contributed by atoms with van der Waals surface area (Å²) >= 11 is 0. The van der Waals surface area contributed by atoms with Crippen LogP contribution in [0.2, 0.25) is 0 Å². The van der Waals surface area contributed by atoms with Crippen molar-refractivity contribution < 1.29 is 20.4 Å². The minimum atomic E-state index is -0.495. The molecule has 4 heteroatoms. The second-order valence-electron chi connectivity index (χ2n) is 3.13. The average molecular weight is 208 g/mol. The molecule has 0 saturated heterocycles. The van der Waals surface area contributed by atoms with Crippen molar-refractivity contribution in [1.82, 2.24) is 0 Å². The van der Waals surface area contributed by atoms with Crippen molar-refractivity contribution in [2.75, 3.05) is 19.8 Å². The maximum Gasteiger partial charge on any atom is 0.0770 e. The van der Waals surface area contributed by atoms with Gasteiger partial charge in [-0.15, -0.1) is 0 Å². The Morgan fingerprint density at radius 3 is 1.64 bits per heavy atom. The molecule has 0 aromatic carbocycles. The lowest BCUT2D eigenvalue weighted by Crippen LogP contribution is -2.10.